The molecule has 2 aromatic rings. The molecule has 6 heteroatoms. The van der Waals surface area contributed by atoms with Crippen molar-refractivity contribution in [3.8, 4) is 11.5 Å². The van der Waals surface area contributed by atoms with Gasteiger partial charge in [-0.15, -0.1) is 0 Å². The summed E-state index contributed by atoms with van der Waals surface area (Å²) in [6.07, 6.45) is 4.88. The molecule has 0 radical (unpaired) electrons. The smallest absolute Gasteiger partial charge is 0.276 e. The van der Waals surface area contributed by atoms with Crippen molar-refractivity contribution in [1.82, 2.24) is 10.1 Å². The van der Waals surface area contributed by atoms with Crippen LogP contribution in [-0.4, -0.2) is 43.3 Å². The summed E-state index contributed by atoms with van der Waals surface area (Å²) < 4.78 is 16.3. The van der Waals surface area contributed by atoms with Gasteiger partial charge in [-0.3, -0.25) is 4.79 Å². The average Bonchev–Trinajstić information content (AvgIpc) is 3.34. The zero-order valence-corrected chi connectivity index (χ0v) is 15.3. The normalized spacial score (nSPS) is 19.3. The number of hydrogen-bond donors (Lipinski definition) is 0. The summed E-state index contributed by atoms with van der Waals surface area (Å²) in [6.45, 7) is 1.37. The van der Waals surface area contributed by atoms with Gasteiger partial charge in [0.05, 0.1) is 14.2 Å². The molecule has 2 aliphatic rings. The van der Waals surface area contributed by atoms with Crippen LogP contribution < -0.4 is 9.47 Å². The van der Waals surface area contributed by atoms with Crippen LogP contribution in [0.4, 0.5) is 0 Å². The van der Waals surface area contributed by atoms with Crippen molar-refractivity contribution in [3.63, 3.8) is 0 Å². The quantitative estimate of drug-likeness (QED) is 0.842. The fraction of sp³-hybridized carbons (Fsp3) is 0.500. The number of hydrogen-bond acceptors (Lipinski definition) is 5. The number of benzene rings is 1. The zero-order chi connectivity index (χ0) is 18.1. The number of ether oxygens (including phenoxy) is 2. The molecule has 2 heterocycles. The Bertz CT molecular complexity index is 814. The van der Waals surface area contributed by atoms with E-state index in [1.165, 1.54) is 0 Å². The summed E-state index contributed by atoms with van der Waals surface area (Å²) in [4.78, 5) is 14.9. The number of aryl methyl sites for hydroxylation is 1. The standard InChI is InChI=1S/C20H24N2O4/c1-24-14-7-8-17(25-2)16(11-14)13-9-10-22(12-13)20(23)19-15-5-3-4-6-18(15)26-21-19/h7-8,11,13H,3-6,9-10,12H2,1-2H3/t13-/m1/s1. The highest BCUT2D eigenvalue weighted by Crippen LogP contribution is 2.36. The number of aromatic nitrogens is 1. The van der Waals surface area contributed by atoms with Crippen molar-refractivity contribution < 1.29 is 18.8 Å². The predicted molar refractivity (Wildman–Crippen MR) is 96.0 cm³/mol. The first kappa shape index (κ1) is 16.9. The van der Waals surface area contributed by atoms with Gasteiger partial charge in [0.2, 0.25) is 0 Å². The van der Waals surface area contributed by atoms with Crippen LogP contribution in [-0.2, 0) is 12.8 Å². The van der Waals surface area contributed by atoms with Gasteiger partial charge < -0.3 is 18.9 Å². The summed E-state index contributed by atoms with van der Waals surface area (Å²) in [6, 6.07) is 5.82. The molecule has 1 aromatic heterocycles. The molecule has 1 atom stereocenters. The van der Waals surface area contributed by atoms with Crippen LogP contribution in [0.15, 0.2) is 22.7 Å². The first-order valence-electron chi connectivity index (χ1n) is 9.20. The number of carbonyl (C=O) groups is 1. The maximum Gasteiger partial charge on any atom is 0.276 e. The van der Waals surface area contributed by atoms with E-state index in [1.54, 1.807) is 14.2 Å². The number of nitrogens with zero attached hydrogens (tertiary/aromatic N) is 2. The third-order valence-electron chi connectivity index (χ3n) is 5.50. The van der Waals surface area contributed by atoms with E-state index < -0.39 is 0 Å². The Kier molecular flexibility index (Phi) is 4.57. The molecule has 1 aliphatic carbocycles. The largest absolute Gasteiger partial charge is 0.497 e. The van der Waals surface area contributed by atoms with Crippen LogP contribution in [0.5, 0.6) is 11.5 Å². The molecule has 1 aromatic carbocycles. The molecule has 6 nitrogen and oxygen atoms in total. The number of rotatable bonds is 4. The van der Waals surface area contributed by atoms with E-state index in [4.69, 9.17) is 14.0 Å². The van der Waals surface area contributed by atoms with Gasteiger partial charge in [0.25, 0.3) is 5.91 Å². The second-order valence-corrected chi connectivity index (χ2v) is 6.98. The SMILES string of the molecule is COc1ccc(OC)c([C@@H]2CCN(C(=O)c3noc4c3CCCC4)C2)c1. The number of carbonyl (C=O) groups excluding carboxylic acids is 1. The van der Waals surface area contributed by atoms with E-state index >= 15 is 0 Å². The summed E-state index contributed by atoms with van der Waals surface area (Å²) in [7, 11) is 3.33. The van der Waals surface area contributed by atoms with Crippen LogP contribution in [0.3, 0.4) is 0 Å². The molecule has 0 bridgehead atoms. The van der Waals surface area contributed by atoms with Crippen molar-refractivity contribution in [3.05, 3.63) is 40.8 Å². The molecule has 0 saturated carbocycles. The maximum atomic E-state index is 13.0. The van der Waals surface area contributed by atoms with Gasteiger partial charge in [0, 0.05) is 36.6 Å². The van der Waals surface area contributed by atoms with E-state index in [1.807, 2.05) is 23.1 Å². The molecule has 0 unspecified atom stereocenters. The molecule has 1 aliphatic heterocycles. The molecule has 1 fully saturated rings. The van der Waals surface area contributed by atoms with Crippen LogP contribution in [0.2, 0.25) is 0 Å². The van der Waals surface area contributed by atoms with Crippen LogP contribution in [0.1, 0.15) is 52.6 Å². The Balaban J connectivity index is 1.54. The average molecular weight is 356 g/mol. The topological polar surface area (TPSA) is 64.8 Å². The van der Waals surface area contributed by atoms with Crippen molar-refractivity contribution in [2.24, 2.45) is 0 Å². The fourth-order valence-corrected chi connectivity index (χ4v) is 4.06. The monoisotopic (exact) mass is 356 g/mol. The minimum atomic E-state index is -0.0127. The lowest BCUT2D eigenvalue weighted by atomic mass is 9.96. The Morgan fingerprint density at radius 1 is 1.23 bits per heavy atom. The molecule has 26 heavy (non-hydrogen) atoms. The third-order valence-corrected chi connectivity index (χ3v) is 5.50. The Morgan fingerprint density at radius 3 is 2.88 bits per heavy atom. The molecule has 1 amide bonds. The number of fused-ring (bicyclic) bond motifs is 1. The maximum absolute atomic E-state index is 13.0. The highest BCUT2D eigenvalue weighted by atomic mass is 16.5. The Morgan fingerprint density at radius 2 is 2.08 bits per heavy atom. The van der Waals surface area contributed by atoms with Crippen LogP contribution >= 0.6 is 0 Å². The highest BCUT2D eigenvalue weighted by molar-refractivity contribution is 5.94. The summed E-state index contributed by atoms with van der Waals surface area (Å²) in [5, 5.41) is 4.09. The summed E-state index contributed by atoms with van der Waals surface area (Å²) in [5.74, 6) is 2.75. The second kappa shape index (κ2) is 7.02. The lowest BCUT2D eigenvalue weighted by Gasteiger charge is -2.18. The van der Waals surface area contributed by atoms with E-state index in [0.717, 1.165) is 60.5 Å². The van der Waals surface area contributed by atoms with Crippen LogP contribution in [0.25, 0.3) is 0 Å². The van der Waals surface area contributed by atoms with Gasteiger partial charge in [0.15, 0.2) is 5.69 Å². The number of likely N-dealkylation sites (tertiary alicyclic amines) is 1. The van der Waals surface area contributed by atoms with E-state index in [-0.39, 0.29) is 11.8 Å². The summed E-state index contributed by atoms with van der Waals surface area (Å²) >= 11 is 0. The van der Waals surface area contributed by atoms with Gasteiger partial charge in [-0.25, -0.2) is 0 Å². The van der Waals surface area contributed by atoms with Gasteiger partial charge in [-0.2, -0.15) is 0 Å². The Hall–Kier alpha value is -2.50. The van der Waals surface area contributed by atoms with Crippen LogP contribution in [0, 0.1) is 0 Å². The lowest BCUT2D eigenvalue weighted by Crippen LogP contribution is -2.29. The van der Waals surface area contributed by atoms with E-state index in [2.05, 4.69) is 5.16 Å². The molecule has 138 valence electrons. The molecular formula is C20H24N2O4. The second-order valence-electron chi connectivity index (χ2n) is 6.98. The number of amides is 1. The molecule has 1 saturated heterocycles. The number of methoxy groups -OCH3 is 2. The van der Waals surface area contributed by atoms with E-state index in [0.29, 0.717) is 18.8 Å². The van der Waals surface area contributed by atoms with Crippen molar-refractivity contribution in [2.75, 3.05) is 27.3 Å². The Labute approximate surface area is 153 Å². The fourth-order valence-electron chi connectivity index (χ4n) is 4.06. The van der Waals surface area contributed by atoms with Gasteiger partial charge >= 0.3 is 0 Å². The van der Waals surface area contributed by atoms with Crippen molar-refractivity contribution in [2.45, 2.75) is 38.0 Å². The molecule has 4 rings (SSSR count). The molecule has 0 N–H and O–H groups in total. The first-order chi connectivity index (χ1) is 12.7. The minimum Gasteiger partial charge on any atom is -0.497 e. The minimum absolute atomic E-state index is 0.0127. The molecule has 0 spiro atoms. The van der Waals surface area contributed by atoms with E-state index in [9.17, 15) is 4.79 Å². The summed E-state index contributed by atoms with van der Waals surface area (Å²) in [5.41, 5.74) is 2.62. The van der Waals surface area contributed by atoms with Gasteiger partial charge in [0.1, 0.15) is 17.3 Å². The zero-order valence-electron chi connectivity index (χ0n) is 15.3. The molecular weight excluding hydrogens is 332 g/mol. The predicted octanol–water partition coefficient (Wildman–Crippen LogP) is 3.20. The van der Waals surface area contributed by atoms with Gasteiger partial charge in [-0.1, -0.05) is 5.16 Å². The lowest BCUT2D eigenvalue weighted by molar-refractivity contribution is 0.0779. The van der Waals surface area contributed by atoms with Gasteiger partial charge in [-0.05, 0) is 43.9 Å². The van der Waals surface area contributed by atoms with Crippen molar-refractivity contribution >= 4 is 5.91 Å². The highest BCUT2D eigenvalue weighted by Gasteiger charge is 2.33. The van der Waals surface area contributed by atoms with Crippen molar-refractivity contribution in [1.29, 1.82) is 0 Å². The third kappa shape index (κ3) is 2.93. The first-order valence-corrected chi connectivity index (χ1v) is 9.20.